The van der Waals surface area contributed by atoms with Crippen molar-refractivity contribution < 1.29 is 0 Å². The van der Waals surface area contributed by atoms with Crippen LogP contribution in [0.4, 0.5) is 0 Å². The number of benzene rings is 7. The molecule has 0 N–H and O–H groups in total. The standard InChI is InChI=1S/C50H38Ge2/c1-7-20-39(21-8-1)47-34-36-49(51(47,43-26-11-3-12-27-43)44-28-13-4-14-29-44)41-24-19-25-42(38-41)50-37-35-48(40-22-9-2-10-23-40)52(50,45-30-15-5-16-31-45)46-32-17-6-18-33-46/h1-38H. The summed E-state index contributed by atoms with van der Waals surface area (Å²) >= 11 is -6.97. The average Bonchev–Trinajstić information content (AvgIpc) is 3.85. The molecule has 246 valence electrons. The summed E-state index contributed by atoms with van der Waals surface area (Å²) in [4.78, 5) is 0. The Morgan fingerprint density at radius 1 is 0.212 bits per heavy atom. The molecule has 7 aromatic carbocycles. The molecule has 2 heterocycles. The van der Waals surface area contributed by atoms with E-state index in [0.717, 1.165) is 0 Å². The van der Waals surface area contributed by atoms with E-state index in [0.29, 0.717) is 0 Å². The van der Waals surface area contributed by atoms with E-state index in [1.54, 1.807) is 0 Å². The second kappa shape index (κ2) is 14.0. The van der Waals surface area contributed by atoms with E-state index in [-0.39, 0.29) is 0 Å². The van der Waals surface area contributed by atoms with Crippen molar-refractivity contribution in [3.63, 3.8) is 0 Å². The summed E-state index contributed by atoms with van der Waals surface area (Å²) in [6.07, 6.45) is 9.80. The van der Waals surface area contributed by atoms with Crippen molar-refractivity contribution in [2.45, 2.75) is 0 Å². The molecule has 0 amide bonds. The number of allylic oxidation sites excluding steroid dienone is 4. The summed E-state index contributed by atoms with van der Waals surface area (Å²) in [7, 11) is 0. The Kier molecular flexibility index (Phi) is 8.72. The Morgan fingerprint density at radius 2 is 0.442 bits per heavy atom. The fraction of sp³-hybridized carbons (Fsp3) is 0. The second-order valence-electron chi connectivity index (χ2n) is 13.6. The number of hydrogen-bond acceptors (Lipinski definition) is 0. The van der Waals surface area contributed by atoms with Crippen LogP contribution < -0.4 is 17.6 Å². The minimum absolute atomic E-state index is 1.31. The van der Waals surface area contributed by atoms with Crippen molar-refractivity contribution in [2.24, 2.45) is 0 Å². The molecular formula is C50H38Ge2. The molecule has 2 heteroatoms. The third kappa shape index (κ3) is 5.29. The molecule has 0 saturated carbocycles. The molecule has 0 bridgehead atoms. The summed E-state index contributed by atoms with van der Waals surface area (Å²) in [5, 5.41) is 0. The van der Waals surface area contributed by atoms with Gasteiger partial charge in [0.2, 0.25) is 0 Å². The van der Waals surface area contributed by atoms with E-state index < -0.39 is 26.5 Å². The molecule has 9 rings (SSSR count). The summed E-state index contributed by atoms with van der Waals surface area (Å²) in [6.45, 7) is 0. The molecule has 2 aliphatic heterocycles. The second-order valence-corrected chi connectivity index (χ2v) is 29.3. The van der Waals surface area contributed by atoms with Gasteiger partial charge in [-0.2, -0.15) is 0 Å². The molecule has 0 unspecified atom stereocenters. The molecule has 0 spiro atoms. The van der Waals surface area contributed by atoms with Crippen molar-refractivity contribution in [3.8, 4) is 0 Å². The van der Waals surface area contributed by atoms with Gasteiger partial charge >= 0.3 is 315 Å². The van der Waals surface area contributed by atoms with Gasteiger partial charge in [-0.3, -0.25) is 0 Å². The van der Waals surface area contributed by atoms with Crippen LogP contribution >= 0.6 is 0 Å². The van der Waals surface area contributed by atoms with E-state index in [9.17, 15) is 0 Å². The first-order valence-corrected chi connectivity index (χ1v) is 26.5. The SMILES string of the molecule is C1=[C](c2ccccc2)[Ge]([c]2ccccc2)([c]2ccccc2)[C](c2cccc([C]3=CC=[C](c4ccccc4)[Ge]3([c]3ccccc3)[c]3ccccc3)c2)=C1. The van der Waals surface area contributed by atoms with Crippen LogP contribution in [0.15, 0.2) is 231 Å². The molecule has 2 aliphatic rings. The van der Waals surface area contributed by atoms with Gasteiger partial charge in [-0.25, -0.2) is 0 Å². The third-order valence-electron chi connectivity index (χ3n) is 10.9. The molecule has 0 aromatic heterocycles. The van der Waals surface area contributed by atoms with E-state index in [2.05, 4.69) is 231 Å². The zero-order valence-electron chi connectivity index (χ0n) is 28.9. The first-order valence-electron chi connectivity index (χ1n) is 18.1. The van der Waals surface area contributed by atoms with E-state index in [1.807, 2.05) is 0 Å². The van der Waals surface area contributed by atoms with Crippen LogP contribution in [0.3, 0.4) is 0 Å². The average molecular weight is 784 g/mol. The van der Waals surface area contributed by atoms with Crippen molar-refractivity contribution in [1.29, 1.82) is 0 Å². The topological polar surface area (TPSA) is 0 Å². The van der Waals surface area contributed by atoms with Gasteiger partial charge in [0, 0.05) is 0 Å². The summed E-state index contributed by atoms with van der Waals surface area (Å²) < 4.78 is 11.7. The van der Waals surface area contributed by atoms with Crippen LogP contribution in [-0.2, 0) is 0 Å². The maximum atomic E-state index is 2.53. The van der Waals surface area contributed by atoms with Crippen molar-refractivity contribution in [3.05, 3.63) is 253 Å². The van der Waals surface area contributed by atoms with Crippen LogP contribution in [-0.4, -0.2) is 26.5 Å². The first kappa shape index (κ1) is 32.5. The van der Waals surface area contributed by atoms with Crippen molar-refractivity contribution in [1.82, 2.24) is 0 Å². The quantitative estimate of drug-likeness (QED) is 0.135. The van der Waals surface area contributed by atoms with Gasteiger partial charge in [-0.1, -0.05) is 0 Å². The molecule has 0 radical (unpaired) electrons. The van der Waals surface area contributed by atoms with E-state index in [4.69, 9.17) is 0 Å². The Balaban J connectivity index is 1.27. The van der Waals surface area contributed by atoms with E-state index >= 15 is 0 Å². The monoisotopic (exact) mass is 786 g/mol. The Hall–Kier alpha value is -5.41. The van der Waals surface area contributed by atoms with Crippen molar-refractivity contribution >= 4 is 61.7 Å². The van der Waals surface area contributed by atoms with E-state index in [1.165, 1.54) is 57.5 Å². The number of hydrogen-bond donors (Lipinski definition) is 0. The fourth-order valence-corrected chi connectivity index (χ4v) is 30.2. The van der Waals surface area contributed by atoms with Crippen LogP contribution in [0.25, 0.3) is 17.6 Å². The fourth-order valence-electron chi connectivity index (χ4n) is 8.79. The van der Waals surface area contributed by atoms with Gasteiger partial charge in [0.05, 0.1) is 0 Å². The molecule has 0 fully saturated rings. The first-order chi connectivity index (χ1) is 25.8. The molecule has 0 atom stereocenters. The van der Waals surface area contributed by atoms with Gasteiger partial charge in [0.25, 0.3) is 0 Å². The predicted octanol–water partition coefficient (Wildman–Crippen LogP) is 9.33. The molecule has 7 aromatic rings. The van der Waals surface area contributed by atoms with Gasteiger partial charge in [-0.15, -0.1) is 0 Å². The Bertz CT molecular complexity index is 2210. The Labute approximate surface area is 312 Å². The normalized spacial score (nSPS) is 15.7. The van der Waals surface area contributed by atoms with Gasteiger partial charge < -0.3 is 0 Å². The zero-order chi connectivity index (χ0) is 34.8. The molecule has 0 saturated heterocycles. The maximum absolute atomic E-state index is 3.49. The predicted molar refractivity (Wildman–Crippen MR) is 227 cm³/mol. The summed E-state index contributed by atoms with van der Waals surface area (Å²) in [5.74, 6) is 0. The van der Waals surface area contributed by atoms with Crippen LogP contribution in [0.5, 0.6) is 0 Å². The van der Waals surface area contributed by atoms with Crippen molar-refractivity contribution in [2.75, 3.05) is 0 Å². The van der Waals surface area contributed by atoms with Gasteiger partial charge in [-0.05, 0) is 0 Å². The van der Waals surface area contributed by atoms with Crippen LogP contribution in [0.1, 0.15) is 22.3 Å². The minimum atomic E-state index is -3.49. The summed E-state index contributed by atoms with van der Waals surface area (Å²) in [5.41, 5.74) is 5.27. The number of rotatable bonds is 8. The molecule has 0 nitrogen and oxygen atoms in total. The molecular weight excluding hydrogens is 746 g/mol. The molecule has 0 aliphatic carbocycles. The third-order valence-corrected chi connectivity index (χ3v) is 31.6. The summed E-state index contributed by atoms with van der Waals surface area (Å²) in [6, 6.07) is 77.2. The molecule has 52 heavy (non-hydrogen) atoms. The zero-order valence-corrected chi connectivity index (χ0v) is 33.1. The van der Waals surface area contributed by atoms with Gasteiger partial charge in [0.15, 0.2) is 0 Å². The van der Waals surface area contributed by atoms with Gasteiger partial charge in [0.1, 0.15) is 0 Å². The van der Waals surface area contributed by atoms with Crippen LogP contribution in [0.2, 0.25) is 0 Å². The van der Waals surface area contributed by atoms with Crippen LogP contribution in [0, 0.1) is 0 Å². The Morgan fingerprint density at radius 3 is 0.731 bits per heavy atom.